The number of benzene rings is 6. The van der Waals surface area contributed by atoms with E-state index in [4.69, 9.17) is 36.0 Å². The highest BCUT2D eigenvalue weighted by molar-refractivity contribution is 7.43. The highest BCUT2D eigenvalue weighted by atomic mass is 31.2. The Bertz CT molecular complexity index is 2810. The quantitative estimate of drug-likeness (QED) is 0.119. The van der Waals surface area contributed by atoms with E-state index in [0.29, 0.717) is 45.6 Å². The van der Waals surface area contributed by atoms with Crippen molar-refractivity contribution in [1.29, 1.82) is 0 Å². The van der Waals surface area contributed by atoms with Gasteiger partial charge in [-0.15, -0.1) is 0 Å². The van der Waals surface area contributed by atoms with E-state index in [1.54, 1.807) is 14.2 Å². The molecule has 0 radical (unpaired) electrons. The highest BCUT2D eigenvalue weighted by Crippen LogP contribution is 2.55. The van der Waals surface area contributed by atoms with Gasteiger partial charge in [-0.1, -0.05) is 89.1 Å². The maximum Gasteiger partial charge on any atom is 0.530 e. The minimum Gasteiger partial charge on any atom is -0.497 e. The summed E-state index contributed by atoms with van der Waals surface area (Å²) in [5, 5.41) is 1.94. The first kappa shape index (κ1) is 46.4. The lowest BCUT2D eigenvalue weighted by Gasteiger charge is -2.29. The van der Waals surface area contributed by atoms with Crippen LogP contribution in [0.25, 0.3) is 33.1 Å². The van der Waals surface area contributed by atoms with Crippen LogP contribution in [0.3, 0.4) is 0 Å². The van der Waals surface area contributed by atoms with E-state index in [9.17, 15) is 0 Å². The number of ether oxygens (including phenoxy) is 2. The first-order valence-corrected chi connectivity index (χ1v) is 23.8. The van der Waals surface area contributed by atoms with Crippen LogP contribution in [-0.4, -0.2) is 14.2 Å². The molecule has 0 aliphatic heterocycles. The van der Waals surface area contributed by atoms with Crippen molar-refractivity contribution in [2.24, 2.45) is 0 Å². The maximum atomic E-state index is 7.28. The van der Waals surface area contributed by atoms with Crippen LogP contribution in [0, 0.1) is 55.4 Å². The topological polar surface area (TPSA) is 81.7 Å². The normalized spacial score (nSPS) is 11.9. The van der Waals surface area contributed by atoms with E-state index in [0.717, 1.165) is 77.6 Å². The molecule has 64 heavy (non-hydrogen) atoms. The molecule has 6 aromatic carbocycles. The molecule has 0 amide bonds. The molecule has 8 nitrogen and oxygen atoms in total. The molecule has 0 saturated carbocycles. The molecule has 0 saturated heterocycles. The Kier molecular flexibility index (Phi) is 13.2. The van der Waals surface area contributed by atoms with Crippen LogP contribution >= 0.6 is 16.8 Å². The summed E-state index contributed by atoms with van der Waals surface area (Å²) in [5.41, 5.74) is 12.2. The molecule has 1 heterocycles. The molecule has 10 heteroatoms. The Morgan fingerprint density at radius 3 is 1.27 bits per heavy atom. The number of hydrogen-bond donors (Lipinski definition) is 0. The molecule has 336 valence electrons. The van der Waals surface area contributed by atoms with Gasteiger partial charge in [0.05, 0.1) is 14.2 Å². The average molecular weight is 901 g/mol. The minimum absolute atomic E-state index is 0.437. The van der Waals surface area contributed by atoms with E-state index in [2.05, 4.69) is 119 Å². The molecule has 0 aliphatic rings. The number of aryl methyl sites for hydroxylation is 8. The van der Waals surface area contributed by atoms with Crippen molar-refractivity contribution in [3.05, 3.63) is 141 Å². The summed E-state index contributed by atoms with van der Waals surface area (Å²) in [6.45, 7) is 29.5. The third-order valence-corrected chi connectivity index (χ3v) is 13.3. The summed E-state index contributed by atoms with van der Waals surface area (Å²) in [6, 6.07) is 28.8. The van der Waals surface area contributed by atoms with Gasteiger partial charge in [-0.25, -0.2) is 0 Å². The van der Waals surface area contributed by atoms with E-state index in [1.807, 2.05) is 62.4 Å². The first-order valence-electron chi connectivity index (χ1n) is 21.6. The van der Waals surface area contributed by atoms with Crippen LogP contribution in [0.15, 0.2) is 93.3 Å². The predicted octanol–water partition coefficient (Wildman–Crippen LogP) is 16.6. The molecule has 0 spiro atoms. The predicted molar refractivity (Wildman–Crippen MR) is 264 cm³/mol. The van der Waals surface area contributed by atoms with Crippen molar-refractivity contribution < 1.29 is 36.0 Å². The van der Waals surface area contributed by atoms with E-state index < -0.39 is 27.7 Å². The van der Waals surface area contributed by atoms with Gasteiger partial charge in [-0.05, 0) is 148 Å². The van der Waals surface area contributed by atoms with Gasteiger partial charge in [0.1, 0.15) is 45.7 Å². The van der Waals surface area contributed by atoms with Crippen molar-refractivity contribution in [1.82, 2.24) is 0 Å². The standard InChI is InChI=1S/C54H62O8P2/c1-31-17-19-47(35(5)21-31)57-63(58-48-20-18-32(2)22-36(48)6)61-51-43(27-39(55-15)29-45(51)53(9,10)11)44-28-40(56-16)30-46(54(12,13)14)52(44)62-64-59-49-37(7)23-33(3)25-41(49)42-26-34(4)24-38(8)50(42)60-64/h17-30H,1-16H3. The smallest absolute Gasteiger partial charge is 0.497 e. The Labute approximate surface area is 381 Å². The second kappa shape index (κ2) is 18.1. The Balaban J connectivity index is 1.53. The van der Waals surface area contributed by atoms with Crippen molar-refractivity contribution in [2.45, 2.75) is 108 Å². The molecular formula is C54H62O8P2. The highest BCUT2D eigenvalue weighted by Gasteiger charge is 2.34. The lowest BCUT2D eigenvalue weighted by Crippen LogP contribution is -2.16. The van der Waals surface area contributed by atoms with Gasteiger partial charge < -0.3 is 36.0 Å². The maximum absolute atomic E-state index is 7.28. The third kappa shape index (κ3) is 9.89. The van der Waals surface area contributed by atoms with Crippen molar-refractivity contribution in [2.75, 3.05) is 14.2 Å². The zero-order chi connectivity index (χ0) is 46.4. The van der Waals surface area contributed by atoms with Crippen LogP contribution in [0.5, 0.6) is 34.5 Å². The Hall–Kier alpha value is -5.55. The summed E-state index contributed by atoms with van der Waals surface area (Å²) in [7, 11) is -0.863. The zero-order valence-corrected chi connectivity index (χ0v) is 42.0. The van der Waals surface area contributed by atoms with E-state index in [-0.39, 0.29) is 0 Å². The van der Waals surface area contributed by atoms with Gasteiger partial charge in [0.2, 0.25) is 0 Å². The summed E-state index contributed by atoms with van der Waals surface area (Å²) in [6.07, 6.45) is 0. The summed E-state index contributed by atoms with van der Waals surface area (Å²) in [5.74, 6) is 3.72. The Morgan fingerprint density at radius 2 is 0.859 bits per heavy atom. The third-order valence-electron chi connectivity index (χ3n) is 11.3. The monoisotopic (exact) mass is 900 g/mol. The van der Waals surface area contributed by atoms with Crippen LogP contribution in [0.2, 0.25) is 0 Å². The fourth-order valence-corrected chi connectivity index (χ4v) is 10.5. The molecule has 0 N–H and O–H groups in total. The van der Waals surface area contributed by atoms with Gasteiger partial charge in [-0.3, -0.25) is 0 Å². The largest absolute Gasteiger partial charge is 0.530 e. The number of fused-ring (bicyclic) bond motifs is 3. The Morgan fingerprint density at radius 1 is 0.453 bits per heavy atom. The molecule has 0 unspecified atom stereocenters. The second-order valence-corrected chi connectivity index (χ2v) is 21.0. The minimum atomic E-state index is -2.13. The summed E-state index contributed by atoms with van der Waals surface area (Å²) >= 11 is 0. The van der Waals surface area contributed by atoms with Crippen LogP contribution in [0.4, 0.5) is 0 Å². The molecule has 7 aromatic rings. The molecule has 0 fully saturated rings. The zero-order valence-electron chi connectivity index (χ0n) is 40.2. The van der Waals surface area contributed by atoms with Gasteiger partial charge >= 0.3 is 16.8 Å². The van der Waals surface area contributed by atoms with Crippen molar-refractivity contribution in [3.8, 4) is 45.6 Å². The van der Waals surface area contributed by atoms with Gasteiger partial charge in [0, 0.05) is 33.0 Å². The van der Waals surface area contributed by atoms with Crippen LogP contribution in [-0.2, 0) is 10.8 Å². The van der Waals surface area contributed by atoms with E-state index >= 15 is 0 Å². The lowest BCUT2D eigenvalue weighted by molar-refractivity contribution is 0.378. The SMILES string of the molecule is COc1cc(-c2cc(OC)cc(C(C)(C)C)c2Op2oc3c(C)cc(C)cc3c3cc(C)cc(C)c3o2)c(OP(Oc2ccc(C)cc2C)Oc2ccc(C)cc2C)c(C(C)(C)C)c1. The van der Waals surface area contributed by atoms with Gasteiger partial charge in [0.25, 0.3) is 0 Å². The molecule has 1 aromatic heterocycles. The average Bonchev–Trinajstić information content (AvgIpc) is 3.36. The van der Waals surface area contributed by atoms with Crippen molar-refractivity contribution in [3.63, 3.8) is 0 Å². The van der Waals surface area contributed by atoms with Crippen LogP contribution < -0.4 is 27.6 Å². The second-order valence-electron chi connectivity index (χ2n) is 19.1. The number of rotatable bonds is 11. The summed E-state index contributed by atoms with van der Waals surface area (Å²) in [4.78, 5) is 0. The summed E-state index contributed by atoms with van der Waals surface area (Å²) < 4.78 is 54.1. The van der Waals surface area contributed by atoms with Crippen molar-refractivity contribution >= 4 is 38.8 Å². The van der Waals surface area contributed by atoms with Gasteiger partial charge in [0.15, 0.2) is 0 Å². The molecule has 0 bridgehead atoms. The lowest BCUT2D eigenvalue weighted by atomic mass is 9.81. The molecule has 0 atom stereocenters. The number of hydrogen-bond acceptors (Lipinski definition) is 8. The van der Waals surface area contributed by atoms with Gasteiger partial charge in [-0.2, -0.15) is 0 Å². The molecule has 0 aliphatic carbocycles. The first-order chi connectivity index (χ1) is 30.1. The molecular weight excluding hydrogens is 839 g/mol. The fraction of sp³-hybridized carbons (Fsp3) is 0.333. The van der Waals surface area contributed by atoms with Crippen LogP contribution in [0.1, 0.15) is 97.2 Å². The molecule has 7 rings (SSSR count). The number of methoxy groups -OCH3 is 2. The fourth-order valence-electron chi connectivity index (χ4n) is 8.08. The van der Waals surface area contributed by atoms with E-state index in [1.165, 1.54) is 0 Å².